The van der Waals surface area contributed by atoms with E-state index >= 15 is 0 Å². The van der Waals surface area contributed by atoms with Gasteiger partial charge in [-0.15, -0.1) is 28.5 Å². The summed E-state index contributed by atoms with van der Waals surface area (Å²) in [4.78, 5) is 0. The third-order valence-electron chi connectivity index (χ3n) is 2.21. The number of benzene rings is 1. The van der Waals surface area contributed by atoms with Crippen LogP contribution in [0.15, 0.2) is 54.1 Å². The molecule has 0 unspecified atom stereocenters. The number of aryl methyl sites for hydroxylation is 1. The van der Waals surface area contributed by atoms with Crippen molar-refractivity contribution >= 4 is 11.8 Å². The first-order valence-corrected chi connectivity index (χ1v) is 6.58. The van der Waals surface area contributed by atoms with Crippen LogP contribution < -0.4 is 4.74 Å². The van der Waals surface area contributed by atoms with Gasteiger partial charge in [0.05, 0.1) is 0 Å². The van der Waals surface area contributed by atoms with Gasteiger partial charge in [0.1, 0.15) is 10.8 Å². The highest BCUT2D eigenvalue weighted by atomic mass is 32.2. The molecule has 0 aliphatic heterocycles. The zero-order chi connectivity index (χ0) is 12.8. The van der Waals surface area contributed by atoms with Gasteiger partial charge in [-0.2, -0.15) is 0 Å². The Labute approximate surface area is 111 Å². The van der Waals surface area contributed by atoms with E-state index in [1.165, 1.54) is 5.56 Å². The van der Waals surface area contributed by atoms with E-state index < -0.39 is 0 Å². The van der Waals surface area contributed by atoms with E-state index in [0.717, 1.165) is 16.5 Å². The van der Waals surface area contributed by atoms with Gasteiger partial charge in [0.15, 0.2) is 0 Å². The lowest BCUT2D eigenvalue weighted by molar-refractivity contribution is 0.452. The van der Waals surface area contributed by atoms with Crippen LogP contribution in [0.5, 0.6) is 11.6 Å². The number of ether oxygens (including phenoxy) is 1. The fourth-order valence-electron chi connectivity index (χ4n) is 1.31. The Kier molecular flexibility index (Phi) is 4.36. The van der Waals surface area contributed by atoms with E-state index in [2.05, 4.69) is 16.8 Å². The van der Waals surface area contributed by atoms with Gasteiger partial charge in [-0.05, 0) is 25.1 Å². The van der Waals surface area contributed by atoms with Crippen molar-refractivity contribution in [2.75, 3.05) is 5.75 Å². The van der Waals surface area contributed by atoms with Crippen molar-refractivity contribution in [3.63, 3.8) is 0 Å². The third-order valence-corrected chi connectivity index (χ3v) is 3.12. The van der Waals surface area contributed by atoms with Crippen molar-refractivity contribution in [3.05, 3.63) is 54.6 Å². The molecular formula is C14H14N2OS. The van der Waals surface area contributed by atoms with Crippen LogP contribution in [0.25, 0.3) is 0 Å². The van der Waals surface area contributed by atoms with Gasteiger partial charge in [-0.25, -0.2) is 0 Å². The van der Waals surface area contributed by atoms with Crippen LogP contribution >= 0.6 is 11.8 Å². The first-order valence-electron chi connectivity index (χ1n) is 5.60. The first kappa shape index (κ1) is 12.6. The molecule has 0 saturated carbocycles. The topological polar surface area (TPSA) is 35.0 Å². The van der Waals surface area contributed by atoms with E-state index in [4.69, 9.17) is 4.74 Å². The van der Waals surface area contributed by atoms with E-state index in [9.17, 15) is 0 Å². The predicted molar refractivity (Wildman–Crippen MR) is 74.2 cm³/mol. The van der Waals surface area contributed by atoms with Crippen LogP contribution in [0.2, 0.25) is 0 Å². The number of nitrogens with zero attached hydrogens (tertiary/aromatic N) is 2. The minimum absolute atomic E-state index is 0.502. The molecule has 0 N–H and O–H groups in total. The summed E-state index contributed by atoms with van der Waals surface area (Å²) in [5.74, 6) is 2.09. The van der Waals surface area contributed by atoms with Crippen molar-refractivity contribution in [2.45, 2.75) is 11.9 Å². The summed E-state index contributed by atoms with van der Waals surface area (Å²) in [5, 5.41) is 8.96. The second-order valence-corrected chi connectivity index (χ2v) is 4.76. The van der Waals surface area contributed by atoms with Gasteiger partial charge >= 0.3 is 0 Å². The van der Waals surface area contributed by atoms with Crippen LogP contribution in [0.4, 0.5) is 0 Å². The first-order chi connectivity index (χ1) is 8.78. The molecule has 2 aromatic rings. The summed E-state index contributed by atoms with van der Waals surface area (Å²) in [6.45, 7) is 5.70. The lowest BCUT2D eigenvalue weighted by Gasteiger charge is -2.04. The molecule has 0 fully saturated rings. The van der Waals surface area contributed by atoms with E-state index in [1.807, 2.05) is 49.4 Å². The largest absolute Gasteiger partial charge is 0.438 e. The van der Waals surface area contributed by atoms with Crippen molar-refractivity contribution in [3.8, 4) is 11.6 Å². The summed E-state index contributed by atoms with van der Waals surface area (Å²) in [5.41, 5.74) is 1.20. The molecule has 0 aliphatic carbocycles. The molecule has 1 heterocycles. The van der Waals surface area contributed by atoms with Gasteiger partial charge in [-0.1, -0.05) is 23.8 Å². The molecule has 0 aliphatic rings. The van der Waals surface area contributed by atoms with Gasteiger partial charge in [0.2, 0.25) is 5.88 Å². The molecular weight excluding hydrogens is 244 g/mol. The standard InChI is InChI=1S/C14H14N2OS/c1-3-10-18-14-9-8-13(15-16-14)17-12-6-4-11(2)5-7-12/h3-9H,1,10H2,2H3. The Morgan fingerprint density at radius 3 is 2.56 bits per heavy atom. The van der Waals surface area contributed by atoms with E-state index in [-0.39, 0.29) is 0 Å². The Bertz CT molecular complexity index is 508. The van der Waals surface area contributed by atoms with Crippen molar-refractivity contribution in [1.82, 2.24) is 10.2 Å². The maximum atomic E-state index is 5.59. The Balaban J connectivity index is 2.01. The fraction of sp³-hybridized carbons (Fsp3) is 0.143. The highest BCUT2D eigenvalue weighted by Crippen LogP contribution is 2.21. The summed E-state index contributed by atoms with van der Waals surface area (Å²) < 4.78 is 5.59. The van der Waals surface area contributed by atoms with Gasteiger partial charge < -0.3 is 4.74 Å². The Hall–Kier alpha value is -1.81. The maximum Gasteiger partial charge on any atom is 0.238 e. The monoisotopic (exact) mass is 258 g/mol. The van der Waals surface area contributed by atoms with Crippen LogP contribution in [-0.4, -0.2) is 16.0 Å². The molecule has 4 heteroatoms. The minimum atomic E-state index is 0.502. The Morgan fingerprint density at radius 2 is 1.94 bits per heavy atom. The molecule has 1 aromatic heterocycles. The molecule has 0 atom stereocenters. The smallest absolute Gasteiger partial charge is 0.238 e. The summed E-state index contributed by atoms with van der Waals surface area (Å²) in [6, 6.07) is 11.5. The molecule has 1 aromatic carbocycles. The van der Waals surface area contributed by atoms with Crippen LogP contribution in [-0.2, 0) is 0 Å². The van der Waals surface area contributed by atoms with Crippen LogP contribution in [0.1, 0.15) is 5.56 Å². The number of aromatic nitrogens is 2. The van der Waals surface area contributed by atoms with Crippen LogP contribution in [0, 0.1) is 6.92 Å². The van der Waals surface area contributed by atoms with Crippen LogP contribution in [0.3, 0.4) is 0 Å². The third kappa shape index (κ3) is 3.60. The average Bonchev–Trinajstić information content (AvgIpc) is 2.41. The summed E-state index contributed by atoms with van der Waals surface area (Å²) >= 11 is 1.59. The van der Waals surface area contributed by atoms with E-state index in [0.29, 0.717) is 5.88 Å². The minimum Gasteiger partial charge on any atom is -0.438 e. The quantitative estimate of drug-likeness (QED) is 0.602. The zero-order valence-electron chi connectivity index (χ0n) is 10.2. The summed E-state index contributed by atoms with van der Waals surface area (Å²) in [7, 11) is 0. The normalized spacial score (nSPS) is 10.1. The second-order valence-electron chi connectivity index (χ2n) is 3.72. The van der Waals surface area contributed by atoms with Gasteiger partial charge in [-0.3, -0.25) is 0 Å². The molecule has 0 bridgehead atoms. The molecule has 3 nitrogen and oxygen atoms in total. The fourth-order valence-corrected chi connectivity index (χ4v) is 1.86. The van der Waals surface area contributed by atoms with Gasteiger partial charge in [0, 0.05) is 11.8 Å². The molecule has 0 radical (unpaired) electrons. The number of thioether (sulfide) groups is 1. The Morgan fingerprint density at radius 1 is 1.17 bits per heavy atom. The summed E-state index contributed by atoms with van der Waals surface area (Å²) in [6.07, 6.45) is 1.84. The van der Waals surface area contributed by atoms with Crippen molar-refractivity contribution < 1.29 is 4.74 Å². The van der Waals surface area contributed by atoms with Crippen molar-refractivity contribution in [1.29, 1.82) is 0 Å². The SMILES string of the molecule is C=CCSc1ccc(Oc2ccc(C)cc2)nn1. The van der Waals surface area contributed by atoms with Crippen molar-refractivity contribution in [2.24, 2.45) is 0 Å². The second kappa shape index (κ2) is 6.21. The number of rotatable bonds is 5. The zero-order valence-corrected chi connectivity index (χ0v) is 11.0. The molecule has 2 rings (SSSR count). The average molecular weight is 258 g/mol. The lowest BCUT2D eigenvalue weighted by Crippen LogP contribution is -1.91. The molecule has 0 amide bonds. The predicted octanol–water partition coefficient (Wildman–Crippen LogP) is 3.86. The molecule has 18 heavy (non-hydrogen) atoms. The lowest BCUT2D eigenvalue weighted by atomic mass is 10.2. The highest BCUT2D eigenvalue weighted by Gasteiger charge is 2.00. The number of hydrogen-bond donors (Lipinski definition) is 0. The van der Waals surface area contributed by atoms with E-state index in [1.54, 1.807) is 11.8 Å². The molecule has 0 saturated heterocycles. The number of hydrogen-bond acceptors (Lipinski definition) is 4. The highest BCUT2D eigenvalue weighted by molar-refractivity contribution is 7.99. The molecule has 0 spiro atoms. The van der Waals surface area contributed by atoms with Gasteiger partial charge in [0.25, 0.3) is 0 Å². The maximum absolute atomic E-state index is 5.59. The molecule has 92 valence electrons.